The lowest BCUT2D eigenvalue weighted by molar-refractivity contribution is 0.332. The third kappa shape index (κ3) is 6.13. The van der Waals surface area contributed by atoms with E-state index >= 15 is 0 Å². The third-order valence-corrected chi connectivity index (χ3v) is 15.0. The fourth-order valence-corrected chi connectivity index (χ4v) is 10.9. The van der Waals surface area contributed by atoms with Gasteiger partial charge in [0.1, 0.15) is 11.2 Å². The standard InChI is InChI=1S/C58H65BN2O/c1-34-18-16-17-19-45(34)60-47-30-40-39-27-37(55(6,7)8)21-23-51(39)62-52(40)33-44(47)59-43-31-41-42(58(14,15)25-24-57(41,12)13)32-48(43)61(46-22-20-36(26-35(46)2)54(3,4)5)50-29-38(56(9,10)11)28-49(60)53(50)59/h16-23,26-33H,24-25H2,1-15H3. The van der Waals surface area contributed by atoms with Gasteiger partial charge in [0.2, 0.25) is 0 Å². The average Bonchev–Trinajstić information content (AvgIpc) is 3.55. The fraction of sp³-hybridized carbons (Fsp3) is 0.379. The van der Waals surface area contributed by atoms with Gasteiger partial charge >= 0.3 is 0 Å². The van der Waals surface area contributed by atoms with Crippen LogP contribution in [0.4, 0.5) is 34.1 Å². The fourth-order valence-electron chi connectivity index (χ4n) is 10.9. The summed E-state index contributed by atoms with van der Waals surface area (Å²) in [5.74, 6) is 0. The summed E-state index contributed by atoms with van der Waals surface area (Å²) in [6.45, 7) is 35.4. The zero-order chi connectivity index (χ0) is 44.2. The molecule has 0 radical (unpaired) electrons. The van der Waals surface area contributed by atoms with Crippen molar-refractivity contribution in [1.29, 1.82) is 0 Å². The predicted octanol–water partition coefficient (Wildman–Crippen LogP) is 14.5. The molecule has 316 valence electrons. The predicted molar refractivity (Wildman–Crippen MR) is 269 cm³/mol. The summed E-state index contributed by atoms with van der Waals surface area (Å²) in [4.78, 5) is 5.26. The molecule has 3 nitrogen and oxygen atoms in total. The third-order valence-electron chi connectivity index (χ3n) is 15.0. The molecule has 10 rings (SSSR count). The zero-order valence-corrected chi connectivity index (χ0v) is 40.0. The molecule has 1 aliphatic carbocycles. The summed E-state index contributed by atoms with van der Waals surface area (Å²) in [5, 5.41) is 2.34. The minimum Gasteiger partial charge on any atom is -0.456 e. The molecule has 0 saturated heterocycles. The van der Waals surface area contributed by atoms with Crippen molar-refractivity contribution in [3.8, 4) is 0 Å². The minimum absolute atomic E-state index is 0.0152. The van der Waals surface area contributed by atoms with Crippen LogP contribution in [-0.2, 0) is 27.1 Å². The molecule has 4 heteroatoms. The van der Waals surface area contributed by atoms with E-state index in [1.807, 2.05) is 0 Å². The summed E-state index contributed by atoms with van der Waals surface area (Å²) in [6, 6.07) is 38.2. The number of hydrogen-bond acceptors (Lipinski definition) is 3. The Morgan fingerprint density at radius 1 is 0.468 bits per heavy atom. The van der Waals surface area contributed by atoms with Crippen LogP contribution in [0.1, 0.15) is 142 Å². The van der Waals surface area contributed by atoms with Crippen LogP contribution in [0.3, 0.4) is 0 Å². The van der Waals surface area contributed by atoms with Crippen molar-refractivity contribution in [1.82, 2.24) is 0 Å². The normalized spacial score (nSPS) is 16.7. The molecule has 0 unspecified atom stereocenters. The molecule has 0 atom stereocenters. The van der Waals surface area contributed by atoms with E-state index in [0.29, 0.717) is 0 Å². The van der Waals surface area contributed by atoms with Crippen LogP contribution >= 0.6 is 0 Å². The SMILES string of the molecule is Cc1cc(C(C)(C)C)ccc1N1c2cc3c(cc2B2c4cc5oc6ccc(C(C)(C)C)cc6c5cc4N(c4ccccc4C)c4cc(C(C)(C)C)cc1c42)C(C)(C)CCC3(C)C. The molecular weight excluding hydrogens is 751 g/mol. The average molecular weight is 817 g/mol. The molecule has 0 fully saturated rings. The van der Waals surface area contributed by atoms with Crippen LogP contribution in [0, 0.1) is 13.8 Å². The molecule has 3 heterocycles. The minimum atomic E-state index is -0.105. The van der Waals surface area contributed by atoms with Gasteiger partial charge in [-0.05, 0) is 164 Å². The van der Waals surface area contributed by atoms with E-state index in [2.05, 4.69) is 211 Å². The van der Waals surface area contributed by atoms with Crippen molar-refractivity contribution in [2.45, 2.75) is 144 Å². The van der Waals surface area contributed by atoms with Crippen molar-refractivity contribution >= 4 is 79.2 Å². The molecule has 1 aromatic heterocycles. The molecule has 3 aliphatic rings. The smallest absolute Gasteiger partial charge is 0.252 e. The first-order valence-electron chi connectivity index (χ1n) is 23.1. The molecule has 0 N–H and O–H groups in total. The first kappa shape index (κ1) is 40.8. The Kier molecular flexibility index (Phi) is 8.67. The van der Waals surface area contributed by atoms with Gasteiger partial charge in [-0.3, -0.25) is 0 Å². The second kappa shape index (κ2) is 13.2. The number of aryl methyl sites for hydroxylation is 2. The van der Waals surface area contributed by atoms with Gasteiger partial charge in [0.05, 0.1) is 0 Å². The maximum Gasteiger partial charge on any atom is 0.252 e. The molecule has 0 amide bonds. The summed E-state index contributed by atoms with van der Waals surface area (Å²) < 4.78 is 6.90. The van der Waals surface area contributed by atoms with E-state index in [-0.39, 0.29) is 33.8 Å². The lowest BCUT2D eigenvalue weighted by Crippen LogP contribution is -2.62. The van der Waals surface area contributed by atoms with Gasteiger partial charge in [-0.1, -0.05) is 132 Å². The van der Waals surface area contributed by atoms with E-state index < -0.39 is 0 Å². The summed E-state index contributed by atoms with van der Waals surface area (Å²) in [5.41, 5.74) is 23.0. The Labute approximate surface area is 371 Å². The van der Waals surface area contributed by atoms with Gasteiger partial charge in [-0.15, -0.1) is 0 Å². The van der Waals surface area contributed by atoms with Crippen LogP contribution in [0.5, 0.6) is 0 Å². The Balaban J connectivity index is 1.38. The highest BCUT2D eigenvalue weighted by atomic mass is 16.3. The number of nitrogens with zero attached hydrogens (tertiary/aromatic N) is 2. The number of hydrogen-bond donors (Lipinski definition) is 0. The first-order valence-corrected chi connectivity index (χ1v) is 23.1. The zero-order valence-electron chi connectivity index (χ0n) is 40.0. The van der Waals surface area contributed by atoms with Crippen LogP contribution in [0.15, 0.2) is 101 Å². The highest BCUT2D eigenvalue weighted by Crippen LogP contribution is 2.52. The topological polar surface area (TPSA) is 19.6 Å². The van der Waals surface area contributed by atoms with Crippen molar-refractivity contribution < 1.29 is 4.42 Å². The van der Waals surface area contributed by atoms with Crippen molar-refractivity contribution in [3.63, 3.8) is 0 Å². The van der Waals surface area contributed by atoms with E-state index in [1.165, 1.54) is 107 Å². The van der Waals surface area contributed by atoms with Gasteiger partial charge in [0.15, 0.2) is 0 Å². The number of benzene rings is 6. The molecule has 0 saturated carbocycles. The van der Waals surface area contributed by atoms with Crippen molar-refractivity contribution in [2.24, 2.45) is 0 Å². The molecule has 0 spiro atoms. The van der Waals surface area contributed by atoms with Gasteiger partial charge < -0.3 is 14.2 Å². The number of rotatable bonds is 2. The molecule has 0 bridgehead atoms. The molecule has 2 aliphatic heterocycles. The highest BCUT2D eigenvalue weighted by molar-refractivity contribution is 7.00. The quantitative estimate of drug-likeness (QED) is 0.162. The van der Waals surface area contributed by atoms with Gasteiger partial charge in [-0.2, -0.15) is 0 Å². The maximum absolute atomic E-state index is 6.90. The second-order valence-corrected chi connectivity index (χ2v) is 23.5. The van der Waals surface area contributed by atoms with Crippen molar-refractivity contribution in [3.05, 3.63) is 136 Å². The van der Waals surface area contributed by atoms with E-state index in [0.717, 1.165) is 17.6 Å². The number of fused-ring (bicyclic) bond motifs is 8. The largest absolute Gasteiger partial charge is 0.456 e. The summed E-state index contributed by atoms with van der Waals surface area (Å²) in [6.07, 6.45) is 2.33. The summed E-state index contributed by atoms with van der Waals surface area (Å²) in [7, 11) is 0. The van der Waals surface area contributed by atoms with Gasteiger partial charge in [-0.25, -0.2) is 0 Å². The van der Waals surface area contributed by atoms with Crippen LogP contribution < -0.4 is 26.2 Å². The Bertz CT molecular complexity index is 3010. The Morgan fingerprint density at radius 2 is 0.984 bits per heavy atom. The highest BCUT2D eigenvalue weighted by Gasteiger charge is 2.47. The Morgan fingerprint density at radius 3 is 1.58 bits per heavy atom. The molecule has 6 aromatic carbocycles. The Hall–Kier alpha value is -5.22. The number of anilines is 6. The maximum atomic E-state index is 6.90. The van der Waals surface area contributed by atoms with Gasteiger partial charge in [0.25, 0.3) is 6.71 Å². The number of furan rings is 1. The first-order chi connectivity index (χ1) is 28.9. The van der Waals surface area contributed by atoms with E-state index in [4.69, 9.17) is 4.42 Å². The van der Waals surface area contributed by atoms with Crippen LogP contribution in [-0.4, -0.2) is 6.71 Å². The van der Waals surface area contributed by atoms with Crippen molar-refractivity contribution in [2.75, 3.05) is 9.80 Å². The molecule has 7 aromatic rings. The molecular formula is C58H65BN2O. The number of para-hydroxylation sites is 1. The molecule has 62 heavy (non-hydrogen) atoms. The van der Waals surface area contributed by atoms with Gasteiger partial charge in [0, 0.05) is 44.9 Å². The second-order valence-electron chi connectivity index (χ2n) is 23.5. The monoisotopic (exact) mass is 817 g/mol. The van der Waals surface area contributed by atoms with E-state index in [1.54, 1.807) is 0 Å². The van der Waals surface area contributed by atoms with Crippen LogP contribution in [0.2, 0.25) is 0 Å². The lowest BCUT2D eigenvalue weighted by atomic mass is 9.33. The van der Waals surface area contributed by atoms with Crippen LogP contribution in [0.25, 0.3) is 21.9 Å². The lowest BCUT2D eigenvalue weighted by Gasteiger charge is -2.48. The summed E-state index contributed by atoms with van der Waals surface area (Å²) >= 11 is 0. The van der Waals surface area contributed by atoms with E-state index in [9.17, 15) is 0 Å².